The molecule has 0 unspecified atom stereocenters. The average molecular weight is 555 g/mol. The maximum absolute atomic E-state index is 4.72. The fourth-order valence-corrected chi connectivity index (χ4v) is 6.82. The minimum Gasteiger partial charge on any atom is -0.310 e. The summed E-state index contributed by atoms with van der Waals surface area (Å²) in [4.78, 5) is 7.06. The lowest BCUT2D eigenvalue weighted by molar-refractivity contribution is 1.29. The van der Waals surface area contributed by atoms with Gasteiger partial charge in [-0.1, -0.05) is 91.0 Å². The molecule has 8 aromatic rings. The molecule has 0 spiro atoms. The number of pyridine rings is 1. The summed E-state index contributed by atoms with van der Waals surface area (Å²) in [5.41, 5.74) is 9.23. The van der Waals surface area contributed by atoms with Crippen molar-refractivity contribution in [2.75, 3.05) is 4.90 Å². The molecule has 198 valence electrons. The Morgan fingerprint density at radius 3 is 1.81 bits per heavy atom. The Bertz CT molecular complexity index is 2180. The van der Waals surface area contributed by atoms with E-state index in [2.05, 4.69) is 150 Å². The van der Waals surface area contributed by atoms with E-state index >= 15 is 0 Å². The first-order valence-electron chi connectivity index (χ1n) is 14.1. The number of hydrogen-bond acceptors (Lipinski definition) is 3. The van der Waals surface area contributed by atoms with Crippen molar-refractivity contribution in [1.82, 2.24) is 4.98 Å². The van der Waals surface area contributed by atoms with Gasteiger partial charge in [0, 0.05) is 33.3 Å². The maximum Gasteiger partial charge on any atom is 0.0889 e. The first-order valence-corrected chi connectivity index (χ1v) is 14.9. The molecule has 3 heteroatoms. The van der Waals surface area contributed by atoms with Crippen molar-refractivity contribution >= 4 is 59.5 Å². The lowest BCUT2D eigenvalue weighted by Crippen LogP contribution is -2.09. The number of fused-ring (bicyclic) bond motifs is 4. The molecule has 0 amide bonds. The predicted molar refractivity (Wildman–Crippen MR) is 180 cm³/mol. The van der Waals surface area contributed by atoms with Crippen LogP contribution in [0.1, 0.15) is 0 Å². The molecule has 0 saturated heterocycles. The van der Waals surface area contributed by atoms with Gasteiger partial charge in [-0.05, 0) is 93.7 Å². The Hall–Kier alpha value is -5.25. The second-order valence-electron chi connectivity index (χ2n) is 10.5. The van der Waals surface area contributed by atoms with Crippen LogP contribution in [0.25, 0.3) is 53.3 Å². The van der Waals surface area contributed by atoms with Gasteiger partial charge >= 0.3 is 0 Å². The SMILES string of the molecule is c1ccc(-c2ccc(N(c3ccc(-c4ccc5ccccc5c4)cc3)c3ccc4sc5cccnc5c4c3)cc2)cc1. The zero-order chi connectivity index (χ0) is 27.9. The van der Waals surface area contributed by atoms with E-state index in [1.807, 2.05) is 12.3 Å². The molecule has 2 nitrogen and oxygen atoms in total. The summed E-state index contributed by atoms with van der Waals surface area (Å²) < 4.78 is 2.46. The van der Waals surface area contributed by atoms with Crippen molar-refractivity contribution in [2.45, 2.75) is 0 Å². The van der Waals surface area contributed by atoms with Gasteiger partial charge in [0.05, 0.1) is 10.2 Å². The molecule has 0 N–H and O–H groups in total. The Morgan fingerprint density at radius 1 is 0.429 bits per heavy atom. The number of aromatic nitrogens is 1. The van der Waals surface area contributed by atoms with Crippen LogP contribution in [0.3, 0.4) is 0 Å². The van der Waals surface area contributed by atoms with Crippen molar-refractivity contribution < 1.29 is 0 Å². The molecule has 2 aromatic heterocycles. The van der Waals surface area contributed by atoms with Crippen LogP contribution in [0, 0.1) is 0 Å². The lowest BCUT2D eigenvalue weighted by atomic mass is 10.0. The topological polar surface area (TPSA) is 16.1 Å². The molecular formula is C39H26N2S. The highest BCUT2D eigenvalue weighted by atomic mass is 32.1. The number of thiophene rings is 1. The van der Waals surface area contributed by atoms with E-state index in [1.165, 1.54) is 47.8 Å². The van der Waals surface area contributed by atoms with Gasteiger partial charge in [-0.3, -0.25) is 4.98 Å². The Morgan fingerprint density at radius 2 is 1.05 bits per heavy atom. The number of rotatable bonds is 5. The summed E-state index contributed by atoms with van der Waals surface area (Å²) in [7, 11) is 0. The van der Waals surface area contributed by atoms with Gasteiger partial charge in [-0.2, -0.15) is 0 Å². The summed E-state index contributed by atoms with van der Waals surface area (Å²) >= 11 is 1.79. The van der Waals surface area contributed by atoms with Gasteiger partial charge in [0.25, 0.3) is 0 Å². The molecule has 0 aliphatic heterocycles. The van der Waals surface area contributed by atoms with Crippen molar-refractivity contribution in [3.8, 4) is 22.3 Å². The molecule has 42 heavy (non-hydrogen) atoms. The second-order valence-corrected chi connectivity index (χ2v) is 11.6. The van der Waals surface area contributed by atoms with Crippen LogP contribution in [-0.4, -0.2) is 4.98 Å². The number of anilines is 3. The molecule has 0 bridgehead atoms. The van der Waals surface area contributed by atoms with E-state index in [1.54, 1.807) is 11.3 Å². The minimum absolute atomic E-state index is 1.06. The van der Waals surface area contributed by atoms with Crippen molar-refractivity contribution in [3.63, 3.8) is 0 Å². The zero-order valence-electron chi connectivity index (χ0n) is 22.8. The minimum atomic E-state index is 1.06. The zero-order valence-corrected chi connectivity index (χ0v) is 23.6. The molecule has 0 fully saturated rings. The molecule has 0 aliphatic carbocycles. The first kappa shape index (κ1) is 24.5. The van der Waals surface area contributed by atoms with E-state index in [0.717, 1.165) is 22.6 Å². The van der Waals surface area contributed by atoms with E-state index in [9.17, 15) is 0 Å². The maximum atomic E-state index is 4.72. The Balaban J connectivity index is 1.23. The van der Waals surface area contributed by atoms with Gasteiger partial charge in [0.15, 0.2) is 0 Å². The highest BCUT2D eigenvalue weighted by Crippen LogP contribution is 2.41. The first-order chi connectivity index (χ1) is 20.8. The highest BCUT2D eigenvalue weighted by molar-refractivity contribution is 7.25. The van der Waals surface area contributed by atoms with Gasteiger partial charge < -0.3 is 4.90 Å². The van der Waals surface area contributed by atoms with E-state index in [-0.39, 0.29) is 0 Å². The summed E-state index contributed by atoms with van der Waals surface area (Å²) in [6, 6.07) is 54.4. The molecule has 8 rings (SSSR count). The Kier molecular flexibility index (Phi) is 6.02. The number of benzene rings is 6. The normalized spacial score (nSPS) is 11.3. The monoisotopic (exact) mass is 554 g/mol. The molecule has 6 aromatic carbocycles. The van der Waals surface area contributed by atoms with Crippen molar-refractivity contribution in [1.29, 1.82) is 0 Å². The van der Waals surface area contributed by atoms with Crippen molar-refractivity contribution in [3.05, 3.63) is 158 Å². The molecule has 0 aliphatic rings. The predicted octanol–water partition coefficient (Wildman–Crippen LogP) is 11.4. The quantitative estimate of drug-likeness (QED) is 0.210. The fourth-order valence-electron chi connectivity index (χ4n) is 5.78. The van der Waals surface area contributed by atoms with E-state index in [0.29, 0.717) is 0 Å². The van der Waals surface area contributed by atoms with Crippen molar-refractivity contribution in [2.24, 2.45) is 0 Å². The van der Waals surface area contributed by atoms with Crippen LogP contribution in [-0.2, 0) is 0 Å². The third-order valence-corrected chi connectivity index (χ3v) is 9.03. The van der Waals surface area contributed by atoms with Crippen LogP contribution < -0.4 is 4.90 Å². The summed E-state index contributed by atoms with van der Waals surface area (Å²) in [5.74, 6) is 0. The van der Waals surface area contributed by atoms with Crippen LogP contribution >= 0.6 is 11.3 Å². The smallest absolute Gasteiger partial charge is 0.0889 e. The summed E-state index contributed by atoms with van der Waals surface area (Å²) in [6.07, 6.45) is 1.88. The molecule has 0 radical (unpaired) electrons. The third kappa shape index (κ3) is 4.41. The van der Waals surface area contributed by atoms with Gasteiger partial charge in [0.2, 0.25) is 0 Å². The summed E-state index contributed by atoms with van der Waals surface area (Å²) in [6.45, 7) is 0. The molecule has 0 atom stereocenters. The fraction of sp³-hybridized carbons (Fsp3) is 0. The van der Waals surface area contributed by atoms with Gasteiger partial charge in [-0.25, -0.2) is 0 Å². The van der Waals surface area contributed by atoms with E-state index < -0.39 is 0 Å². The molecule has 0 saturated carbocycles. The third-order valence-electron chi connectivity index (χ3n) is 7.91. The Labute approximate surface area is 248 Å². The summed E-state index contributed by atoms with van der Waals surface area (Å²) in [5, 5.41) is 3.70. The average Bonchev–Trinajstić information content (AvgIpc) is 3.44. The highest BCUT2D eigenvalue weighted by Gasteiger charge is 2.16. The molecular weight excluding hydrogens is 529 g/mol. The second kappa shape index (κ2) is 10.3. The van der Waals surface area contributed by atoms with Crippen LogP contribution in [0.4, 0.5) is 17.1 Å². The molecule has 2 heterocycles. The van der Waals surface area contributed by atoms with E-state index in [4.69, 9.17) is 4.98 Å². The lowest BCUT2D eigenvalue weighted by Gasteiger charge is -2.26. The number of nitrogens with zero attached hydrogens (tertiary/aromatic N) is 2. The standard InChI is InChI=1S/C39H26N2S/c1-2-7-27(8-3-1)29-14-18-33(19-15-29)41(35-22-23-37-36(26-35)39-38(42-37)11-6-24-40-39)34-20-16-30(17-21-34)32-13-12-28-9-4-5-10-31(28)25-32/h1-26H. The van der Waals surface area contributed by atoms with Gasteiger partial charge in [0.1, 0.15) is 0 Å². The number of hydrogen-bond donors (Lipinski definition) is 0. The van der Waals surface area contributed by atoms with Crippen LogP contribution in [0.2, 0.25) is 0 Å². The van der Waals surface area contributed by atoms with Crippen LogP contribution in [0.5, 0.6) is 0 Å². The largest absolute Gasteiger partial charge is 0.310 e. The van der Waals surface area contributed by atoms with Crippen LogP contribution in [0.15, 0.2) is 158 Å². The van der Waals surface area contributed by atoms with Gasteiger partial charge in [-0.15, -0.1) is 11.3 Å².